The molecule has 0 unspecified atom stereocenters. The van der Waals surface area contributed by atoms with Gasteiger partial charge in [0, 0.05) is 18.7 Å². The Morgan fingerprint density at radius 1 is 1.03 bits per heavy atom. The summed E-state index contributed by atoms with van der Waals surface area (Å²) >= 11 is 0. The van der Waals surface area contributed by atoms with Gasteiger partial charge in [0.25, 0.3) is 0 Å². The van der Waals surface area contributed by atoms with Crippen LogP contribution in [0.4, 0.5) is 5.69 Å². The standard InChI is InChI=1S/C25H42N2O2/c1-3-4-5-6-7-8-9-11-15-23-16-14-17-24(20-23)26-25(28)29-22(2)21-27-18-12-10-13-19-27/h14,16-17,20,22H,3-13,15,18-19,21H2,1-2H3,(H,26,28)/p+1/t22-/m0/s1. The van der Waals surface area contributed by atoms with Crippen molar-refractivity contribution in [1.29, 1.82) is 0 Å². The van der Waals surface area contributed by atoms with Crippen LogP contribution in [0.25, 0.3) is 0 Å². The predicted molar refractivity (Wildman–Crippen MR) is 122 cm³/mol. The van der Waals surface area contributed by atoms with Crippen molar-refractivity contribution in [2.24, 2.45) is 0 Å². The predicted octanol–water partition coefficient (Wildman–Crippen LogP) is 4.89. The quantitative estimate of drug-likeness (QED) is 0.280. The Balaban J connectivity index is 1.68. The Morgan fingerprint density at radius 2 is 1.72 bits per heavy atom. The lowest BCUT2D eigenvalue weighted by molar-refractivity contribution is -0.383. The van der Waals surface area contributed by atoms with E-state index in [1.807, 2.05) is 19.1 Å². The van der Waals surface area contributed by atoms with Crippen molar-refractivity contribution in [3.05, 3.63) is 29.8 Å². The summed E-state index contributed by atoms with van der Waals surface area (Å²) < 4.78 is 5.67. The van der Waals surface area contributed by atoms with Crippen LogP contribution in [0.15, 0.2) is 24.3 Å². The number of benzene rings is 1. The van der Waals surface area contributed by atoms with Gasteiger partial charge in [-0.3, -0.25) is 4.90 Å². The number of nitrogens with one attached hydrogen (secondary N) is 1. The van der Waals surface area contributed by atoms with Crippen molar-refractivity contribution in [3.8, 4) is 0 Å². The van der Waals surface area contributed by atoms with Crippen molar-refractivity contribution in [2.45, 2.75) is 97.0 Å². The van der Waals surface area contributed by atoms with Crippen LogP contribution < -0.4 is 4.99 Å². The summed E-state index contributed by atoms with van der Waals surface area (Å²) in [4.78, 5) is 5.43. The zero-order valence-corrected chi connectivity index (χ0v) is 18.8. The molecule has 1 heterocycles. The van der Waals surface area contributed by atoms with Gasteiger partial charge in [-0.2, -0.15) is 0 Å². The van der Waals surface area contributed by atoms with E-state index in [9.17, 15) is 5.11 Å². The van der Waals surface area contributed by atoms with Gasteiger partial charge in [-0.05, 0) is 51.3 Å². The summed E-state index contributed by atoms with van der Waals surface area (Å²) in [6, 6.07) is 8.32. The van der Waals surface area contributed by atoms with Crippen LogP contribution in [0.5, 0.6) is 0 Å². The molecule has 0 spiro atoms. The van der Waals surface area contributed by atoms with Crippen LogP contribution in [-0.4, -0.2) is 41.8 Å². The first-order chi connectivity index (χ1) is 14.2. The van der Waals surface area contributed by atoms with E-state index in [2.05, 4.69) is 28.9 Å². The largest absolute Gasteiger partial charge is 0.551 e. The minimum atomic E-state index is -0.0984. The van der Waals surface area contributed by atoms with E-state index in [1.165, 1.54) is 76.2 Å². The van der Waals surface area contributed by atoms with Gasteiger partial charge >= 0.3 is 6.08 Å². The normalized spacial score (nSPS) is 16.7. The fraction of sp³-hybridized carbons (Fsp3) is 0.720. The third-order valence-electron chi connectivity index (χ3n) is 5.77. The van der Waals surface area contributed by atoms with Crippen LogP contribution in [0.1, 0.15) is 90.0 Å². The van der Waals surface area contributed by atoms with E-state index in [-0.39, 0.29) is 12.2 Å². The smallest absolute Gasteiger partial charge is 0.430 e. The highest BCUT2D eigenvalue weighted by molar-refractivity contribution is 5.59. The molecule has 1 aromatic rings. The Kier molecular flexibility index (Phi) is 11.8. The number of hydrogen-bond acceptors (Lipinski definition) is 2. The van der Waals surface area contributed by atoms with Gasteiger partial charge in [0.15, 0.2) is 0 Å². The fourth-order valence-corrected chi connectivity index (χ4v) is 4.15. The van der Waals surface area contributed by atoms with Gasteiger partial charge in [0.1, 0.15) is 6.10 Å². The zero-order valence-electron chi connectivity index (χ0n) is 18.8. The van der Waals surface area contributed by atoms with Crippen LogP contribution in [0.2, 0.25) is 0 Å². The van der Waals surface area contributed by atoms with E-state index < -0.39 is 0 Å². The summed E-state index contributed by atoms with van der Waals surface area (Å²) in [5.74, 6) is 0. The monoisotopic (exact) mass is 403 g/mol. The number of piperidine rings is 1. The molecule has 29 heavy (non-hydrogen) atoms. The minimum Gasteiger partial charge on any atom is -0.430 e. The Morgan fingerprint density at radius 3 is 2.45 bits per heavy atom. The molecule has 1 aliphatic heterocycles. The first kappa shape index (κ1) is 23.7. The van der Waals surface area contributed by atoms with Crippen molar-refractivity contribution in [1.82, 2.24) is 4.90 Å². The molecule has 0 saturated carbocycles. The third kappa shape index (κ3) is 10.7. The summed E-state index contributed by atoms with van der Waals surface area (Å²) in [5, 5.41) is 10.2. The number of nitrogens with zero attached hydrogens (tertiary/aromatic N) is 1. The molecule has 2 rings (SSSR count). The molecule has 0 aliphatic carbocycles. The van der Waals surface area contributed by atoms with Crippen molar-refractivity contribution < 1.29 is 14.8 Å². The molecule has 0 radical (unpaired) electrons. The second-order valence-electron chi connectivity index (χ2n) is 8.65. The molecular weight excluding hydrogens is 360 g/mol. The molecule has 2 N–H and O–H groups in total. The number of aliphatic hydroxyl groups is 1. The van der Waals surface area contributed by atoms with E-state index >= 15 is 0 Å². The molecule has 0 amide bonds. The molecule has 164 valence electrons. The number of hydrogen-bond donors (Lipinski definition) is 2. The topological polar surface area (TPSA) is 46.7 Å². The molecule has 4 nitrogen and oxygen atoms in total. The molecule has 0 aromatic heterocycles. The molecule has 1 fully saturated rings. The highest BCUT2D eigenvalue weighted by Crippen LogP contribution is 2.13. The number of rotatable bonds is 13. The van der Waals surface area contributed by atoms with Crippen LogP contribution in [-0.2, 0) is 11.2 Å². The van der Waals surface area contributed by atoms with Crippen LogP contribution >= 0.6 is 0 Å². The summed E-state index contributed by atoms with van der Waals surface area (Å²) in [5.41, 5.74) is 2.21. The SMILES string of the molecule is CCCCCCCCCCc1cccc([NH+]=C(O)O[C@@H](C)CN2CCCCC2)c1. The lowest BCUT2D eigenvalue weighted by atomic mass is 10.0. The lowest BCUT2D eigenvalue weighted by Gasteiger charge is -2.28. The van der Waals surface area contributed by atoms with Gasteiger partial charge < -0.3 is 9.84 Å². The maximum Gasteiger partial charge on any atom is 0.551 e. The maximum atomic E-state index is 10.2. The van der Waals surface area contributed by atoms with Gasteiger partial charge in [0.2, 0.25) is 5.69 Å². The van der Waals surface area contributed by atoms with E-state index in [0.29, 0.717) is 0 Å². The van der Waals surface area contributed by atoms with Crippen molar-refractivity contribution in [2.75, 3.05) is 19.6 Å². The molecule has 1 saturated heterocycles. The maximum absolute atomic E-state index is 10.2. The number of unbranched alkanes of at least 4 members (excludes halogenated alkanes) is 7. The first-order valence-electron chi connectivity index (χ1n) is 12.0. The van der Waals surface area contributed by atoms with Crippen molar-refractivity contribution in [3.63, 3.8) is 0 Å². The first-order valence-corrected chi connectivity index (χ1v) is 12.0. The molecule has 1 aliphatic rings. The Bertz CT molecular complexity index is 582. The summed E-state index contributed by atoms with van der Waals surface area (Å²) in [6.45, 7) is 7.43. The summed E-state index contributed by atoms with van der Waals surface area (Å²) in [7, 11) is 0. The van der Waals surface area contributed by atoms with Gasteiger partial charge in [0.05, 0.1) is 0 Å². The van der Waals surface area contributed by atoms with Gasteiger partial charge in [-0.15, -0.1) is 4.99 Å². The second-order valence-corrected chi connectivity index (χ2v) is 8.65. The minimum absolute atomic E-state index is 0.0268. The highest BCUT2D eigenvalue weighted by atomic mass is 16.6. The zero-order chi connectivity index (χ0) is 20.7. The molecule has 1 aromatic carbocycles. The second kappa shape index (κ2) is 14.4. The van der Waals surface area contributed by atoms with Crippen LogP contribution in [0, 0.1) is 0 Å². The number of aliphatic hydroxyl groups excluding tert-OH is 1. The number of aryl methyl sites for hydroxylation is 1. The van der Waals surface area contributed by atoms with E-state index in [0.717, 1.165) is 31.7 Å². The number of likely N-dealkylation sites (tertiary alicyclic amines) is 1. The number of ether oxygens (including phenoxy) is 1. The van der Waals surface area contributed by atoms with Gasteiger partial charge in [-0.25, -0.2) is 0 Å². The average molecular weight is 404 g/mol. The van der Waals surface area contributed by atoms with Gasteiger partial charge in [-0.1, -0.05) is 70.4 Å². The third-order valence-corrected chi connectivity index (χ3v) is 5.77. The molecule has 0 bridgehead atoms. The summed E-state index contributed by atoms with van der Waals surface area (Å²) in [6.07, 6.45) is 15.6. The molecular formula is C25H43N2O2+. The van der Waals surface area contributed by atoms with Crippen LogP contribution in [0.3, 0.4) is 0 Å². The lowest BCUT2D eigenvalue weighted by Crippen LogP contribution is -2.67. The fourth-order valence-electron chi connectivity index (χ4n) is 4.15. The highest BCUT2D eigenvalue weighted by Gasteiger charge is 2.17. The molecule has 1 atom stereocenters. The van der Waals surface area contributed by atoms with E-state index in [4.69, 9.17) is 4.74 Å². The Labute approximate surface area is 178 Å². The molecule has 4 heteroatoms. The van der Waals surface area contributed by atoms with E-state index in [1.54, 1.807) is 0 Å². The van der Waals surface area contributed by atoms with Crippen molar-refractivity contribution >= 4 is 11.8 Å². The average Bonchev–Trinajstić information content (AvgIpc) is 2.71. The Hall–Kier alpha value is -1.55.